The first-order valence-electron chi connectivity index (χ1n) is 13.4. The molecule has 1 aromatic heterocycles. The number of anilines is 1. The number of carbonyl (C=O) groups excluding carboxylic acids is 1. The molecule has 3 heterocycles. The molecule has 9 heteroatoms. The molecule has 2 aromatic carbocycles. The van der Waals surface area contributed by atoms with Crippen LogP contribution in [0, 0.1) is 0 Å². The molecule has 8 nitrogen and oxygen atoms in total. The van der Waals surface area contributed by atoms with Crippen molar-refractivity contribution in [2.24, 2.45) is 0 Å². The van der Waals surface area contributed by atoms with Crippen LogP contribution in [0.1, 0.15) is 37.6 Å². The molecule has 0 bridgehead atoms. The molecule has 1 amide bonds. The van der Waals surface area contributed by atoms with Crippen LogP contribution in [0.25, 0.3) is 11.4 Å². The summed E-state index contributed by atoms with van der Waals surface area (Å²) in [4.78, 5) is 24.5. The van der Waals surface area contributed by atoms with Crippen molar-refractivity contribution in [2.45, 2.75) is 50.6 Å². The first-order chi connectivity index (χ1) is 18.9. The molecule has 0 spiro atoms. The summed E-state index contributed by atoms with van der Waals surface area (Å²) in [5.41, 5.74) is 3.92. The minimum atomic E-state index is -0.417. The van der Waals surface area contributed by atoms with Gasteiger partial charge in [0, 0.05) is 12.1 Å². The molecular weight excluding hydrogens is 512 g/mol. The Bertz CT molecular complexity index is 1290. The lowest BCUT2D eigenvalue weighted by molar-refractivity contribution is 0.0482. The molecule has 5 rings (SSSR count). The number of morpholine rings is 1. The van der Waals surface area contributed by atoms with Gasteiger partial charge in [-0.3, -0.25) is 0 Å². The van der Waals surface area contributed by atoms with E-state index in [4.69, 9.17) is 24.2 Å². The second-order valence-corrected chi connectivity index (χ2v) is 11.9. The van der Waals surface area contributed by atoms with Gasteiger partial charge in [-0.1, -0.05) is 54.6 Å². The van der Waals surface area contributed by atoms with Gasteiger partial charge in [-0.2, -0.15) is 11.8 Å². The average molecular weight is 549 g/mol. The maximum atomic E-state index is 12.1. The predicted molar refractivity (Wildman–Crippen MR) is 154 cm³/mol. The summed E-state index contributed by atoms with van der Waals surface area (Å²) >= 11 is 1.74. The lowest BCUT2D eigenvalue weighted by Gasteiger charge is -2.45. The summed E-state index contributed by atoms with van der Waals surface area (Å²) < 4.78 is 17.1. The van der Waals surface area contributed by atoms with Gasteiger partial charge in [0.1, 0.15) is 18.9 Å². The van der Waals surface area contributed by atoms with E-state index < -0.39 is 6.09 Å². The summed E-state index contributed by atoms with van der Waals surface area (Å²) in [5.74, 6) is 2.32. The number of thioether (sulfide) groups is 1. The summed E-state index contributed by atoms with van der Waals surface area (Å²) in [6, 6.07) is 18.2. The molecule has 1 N–H and O–H groups in total. The van der Waals surface area contributed by atoms with Crippen LogP contribution < -0.4 is 15.0 Å². The number of nitrogens with zero attached hydrogens (tertiary/aromatic N) is 3. The first-order valence-corrected chi connectivity index (χ1v) is 14.6. The van der Waals surface area contributed by atoms with Crippen LogP contribution in [-0.4, -0.2) is 60.8 Å². The van der Waals surface area contributed by atoms with E-state index in [2.05, 4.69) is 49.4 Å². The number of ether oxygens (including phenoxy) is 3. The Balaban J connectivity index is 1.29. The monoisotopic (exact) mass is 548 g/mol. The van der Waals surface area contributed by atoms with Crippen molar-refractivity contribution in [3.63, 3.8) is 0 Å². The SMILES string of the molecule is CSC(C)(C)c1nc(-c2ccc(CCNC(=O)OCc3ccccc3)cc2)nc2c1OC[C@@H]1COC[C@@H](C)N21. The fraction of sp³-hybridized carbons (Fsp3) is 0.433. The molecular formula is C30H36N4O4S. The molecule has 0 saturated carbocycles. The van der Waals surface area contributed by atoms with Crippen molar-refractivity contribution in [1.29, 1.82) is 0 Å². The van der Waals surface area contributed by atoms with Crippen molar-refractivity contribution in [1.82, 2.24) is 15.3 Å². The largest absolute Gasteiger partial charge is 0.486 e. The van der Waals surface area contributed by atoms with E-state index in [1.54, 1.807) is 11.8 Å². The Morgan fingerprint density at radius 1 is 1.08 bits per heavy atom. The fourth-order valence-electron chi connectivity index (χ4n) is 4.87. The summed E-state index contributed by atoms with van der Waals surface area (Å²) in [6.45, 7) is 9.12. The van der Waals surface area contributed by atoms with Crippen molar-refractivity contribution >= 4 is 23.7 Å². The van der Waals surface area contributed by atoms with E-state index in [1.165, 1.54) is 0 Å². The Morgan fingerprint density at radius 2 is 1.85 bits per heavy atom. The molecule has 2 atom stereocenters. The number of hydrogen-bond donors (Lipinski definition) is 1. The number of alkyl carbamates (subject to hydrolysis) is 1. The molecule has 3 aromatic rings. The van der Waals surface area contributed by atoms with E-state index in [0.717, 1.165) is 34.0 Å². The van der Waals surface area contributed by atoms with Crippen LogP contribution in [0.4, 0.5) is 10.6 Å². The third kappa shape index (κ3) is 6.15. The van der Waals surface area contributed by atoms with Crippen molar-refractivity contribution in [2.75, 3.05) is 37.5 Å². The third-order valence-corrected chi connectivity index (χ3v) is 8.45. The summed E-state index contributed by atoms with van der Waals surface area (Å²) in [6.07, 6.45) is 2.37. The normalized spacial score (nSPS) is 18.5. The van der Waals surface area contributed by atoms with Gasteiger partial charge in [0.05, 0.1) is 30.0 Å². The van der Waals surface area contributed by atoms with Gasteiger partial charge in [0.15, 0.2) is 17.4 Å². The minimum Gasteiger partial charge on any atom is -0.486 e. The van der Waals surface area contributed by atoms with Crippen molar-refractivity contribution in [3.05, 3.63) is 71.4 Å². The topological polar surface area (TPSA) is 85.8 Å². The van der Waals surface area contributed by atoms with E-state index in [-0.39, 0.29) is 23.4 Å². The molecule has 0 radical (unpaired) electrons. The van der Waals surface area contributed by atoms with Crippen LogP contribution in [0.5, 0.6) is 5.75 Å². The second kappa shape index (κ2) is 11.8. The number of fused-ring (bicyclic) bond motifs is 3. The van der Waals surface area contributed by atoms with Gasteiger partial charge in [-0.25, -0.2) is 14.8 Å². The Kier molecular flexibility index (Phi) is 8.28. The standard InChI is InChI=1S/C30H36N4O4S/c1-20-16-36-18-24-19-37-25-26(30(2,3)39-4)32-27(33-28(25)34(20)24)23-12-10-21(11-13-23)14-15-31-29(35)38-17-22-8-6-5-7-9-22/h5-13,20,24H,14-19H2,1-4H3,(H,31,35)/t20-,24+/m1/s1. The molecule has 2 aliphatic rings. The third-order valence-electron chi connectivity index (χ3n) is 7.24. The van der Waals surface area contributed by atoms with Gasteiger partial charge in [0.2, 0.25) is 0 Å². The quantitative estimate of drug-likeness (QED) is 0.411. The predicted octanol–water partition coefficient (Wildman–Crippen LogP) is 5.20. The van der Waals surface area contributed by atoms with Crippen LogP contribution in [0.15, 0.2) is 54.6 Å². The van der Waals surface area contributed by atoms with E-state index in [9.17, 15) is 4.79 Å². The molecule has 0 aliphatic carbocycles. The van der Waals surface area contributed by atoms with Gasteiger partial charge >= 0.3 is 6.09 Å². The Hall–Kier alpha value is -3.30. The highest BCUT2D eigenvalue weighted by Crippen LogP contribution is 2.46. The average Bonchev–Trinajstić information content (AvgIpc) is 2.96. The van der Waals surface area contributed by atoms with E-state index in [1.807, 2.05) is 42.5 Å². The zero-order valence-electron chi connectivity index (χ0n) is 23.0. The zero-order chi connectivity index (χ0) is 27.4. The minimum absolute atomic E-state index is 0.142. The lowest BCUT2D eigenvalue weighted by Crippen LogP contribution is -2.56. The van der Waals surface area contributed by atoms with E-state index >= 15 is 0 Å². The highest BCUT2D eigenvalue weighted by Gasteiger charge is 2.40. The number of nitrogens with one attached hydrogen (secondary N) is 1. The Labute approximate surface area is 234 Å². The summed E-state index contributed by atoms with van der Waals surface area (Å²) in [7, 11) is 0. The highest BCUT2D eigenvalue weighted by atomic mass is 32.2. The fourth-order valence-corrected chi connectivity index (χ4v) is 5.20. The van der Waals surface area contributed by atoms with Crippen molar-refractivity contribution in [3.8, 4) is 17.1 Å². The molecule has 39 heavy (non-hydrogen) atoms. The molecule has 0 unspecified atom stereocenters. The maximum Gasteiger partial charge on any atom is 0.407 e. The van der Waals surface area contributed by atoms with Gasteiger partial charge in [-0.05, 0) is 44.6 Å². The molecule has 1 saturated heterocycles. The highest BCUT2D eigenvalue weighted by molar-refractivity contribution is 7.99. The maximum absolute atomic E-state index is 12.1. The first kappa shape index (κ1) is 27.3. The summed E-state index contributed by atoms with van der Waals surface area (Å²) in [5, 5.41) is 2.83. The zero-order valence-corrected chi connectivity index (χ0v) is 23.8. The number of hydrogen-bond acceptors (Lipinski definition) is 8. The lowest BCUT2D eigenvalue weighted by atomic mass is 10.0. The van der Waals surface area contributed by atoms with Crippen LogP contribution in [-0.2, 0) is 27.2 Å². The van der Waals surface area contributed by atoms with Crippen molar-refractivity contribution < 1.29 is 19.0 Å². The Morgan fingerprint density at radius 3 is 2.59 bits per heavy atom. The second-order valence-electron chi connectivity index (χ2n) is 10.5. The van der Waals surface area contributed by atoms with Crippen LogP contribution in [0.3, 0.4) is 0 Å². The van der Waals surface area contributed by atoms with Gasteiger partial charge < -0.3 is 24.4 Å². The number of carbonyl (C=O) groups is 1. The van der Waals surface area contributed by atoms with Gasteiger partial charge in [0.25, 0.3) is 0 Å². The van der Waals surface area contributed by atoms with Crippen LogP contribution in [0.2, 0.25) is 0 Å². The van der Waals surface area contributed by atoms with Gasteiger partial charge in [-0.15, -0.1) is 0 Å². The number of rotatable bonds is 8. The van der Waals surface area contributed by atoms with Crippen LogP contribution >= 0.6 is 11.8 Å². The molecule has 2 aliphatic heterocycles. The number of aromatic nitrogens is 2. The molecule has 1 fully saturated rings. The molecule has 206 valence electrons. The van der Waals surface area contributed by atoms with E-state index in [0.29, 0.717) is 38.6 Å². The number of benzene rings is 2. The number of amides is 1. The smallest absolute Gasteiger partial charge is 0.407 e.